The Morgan fingerprint density at radius 1 is 0.824 bits per heavy atom. The highest BCUT2D eigenvalue weighted by Gasteiger charge is 2.32. The van der Waals surface area contributed by atoms with Crippen LogP contribution in [0.5, 0.6) is 0 Å². The van der Waals surface area contributed by atoms with Crippen molar-refractivity contribution >= 4 is 0 Å². The van der Waals surface area contributed by atoms with Crippen molar-refractivity contribution in [2.75, 3.05) is 0 Å². The molecular formula is C15H30N2. The van der Waals surface area contributed by atoms with Crippen molar-refractivity contribution in [2.24, 2.45) is 35.1 Å². The Bertz CT molecular complexity index is 221. The largest absolute Gasteiger partial charge is 0.328 e. The molecule has 2 nitrogen and oxygen atoms in total. The monoisotopic (exact) mass is 238 g/mol. The van der Waals surface area contributed by atoms with E-state index in [4.69, 9.17) is 11.5 Å². The summed E-state index contributed by atoms with van der Waals surface area (Å²) < 4.78 is 0. The van der Waals surface area contributed by atoms with Crippen molar-refractivity contribution in [1.29, 1.82) is 0 Å². The number of hydrogen-bond acceptors (Lipinski definition) is 2. The normalized spacial score (nSPS) is 48.0. The average molecular weight is 238 g/mol. The van der Waals surface area contributed by atoms with Gasteiger partial charge >= 0.3 is 0 Å². The van der Waals surface area contributed by atoms with Crippen LogP contribution in [0.25, 0.3) is 0 Å². The second kappa shape index (κ2) is 5.71. The maximum Gasteiger partial charge on any atom is 0.00905 e. The maximum atomic E-state index is 6.22. The van der Waals surface area contributed by atoms with Gasteiger partial charge in [0.05, 0.1) is 0 Å². The molecule has 0 bridgehead atoms. The summed E-state index contributed by atoms with van der Waals surface area (Å²) in [5.41, 5.74) is 12.2. The summed E-state index contributed by atoms with van der Waals surface area (Å²) in [6, 6.07) is 0.926. The summed E-state index contributed by atoms with van der Waals surface area (Å²) in [5, 5.41) is 0. The predicted molar refractivity (Wildman–Crippen MR) is 73.6 cm³/mol. The lowest BCUT2D eigenvalue weighted by Crippen LogP contribution is -2.41. The molecule has 0 amide bonds. The van der Waals surface area contributed by atoms with Gasteiger partial charge in [0.15, 0.2) is 0 Å². The van der Waals surface area contributed by atoms with Gasteiger partial charge in [-0.25, -0.2) is 0 Å². The van der Waals surface area contributed by atoms with E-state index in [0.29, 0.717) is 12.1 Å². The Hall–Kier alpha value is -0.0800. The minimum atomic E-state index is 0.436. The lowest BCUT2D eigenvalue weighted by molar-refractivity contribution is 0.148. The van der Waals surface area contributed by atoms with Gasteiger partial charge < -0.3 is 11.5 Å². The molecule has 0 radical (unpaired) electrons. The number of nitrogens with two attached hydrogens (primary N) is 2. The third kappa shape index (κ3) is 3.45. The van der Waals surface area contributed by atoms with Crippen LogP contribution in [-0.4, -0.2) is 12.1 Å². The Balaban J connectivity index is 1.79. The molecular weight excluding hydrogens is 208 g/mol. The molecule has 0 heterocycles. The number of hydrogen-bond donors (Lipinski definition) is 2. The van der Waals surface area contributed by atoms with Crippen molar-refractivity contribution in [3.63, 3.8) is 0 Å². The van der Waals surface area contributed by atoms with Gasteiger partial charge in [-0.15, -0.1) is 0 Å². The quantitative estimate of drug-likeness (QED) is 0.777. The van der Waals surface area contributed by atoms with Gasteiger partial charge in [-0.1, -0.05) is 13.8 Å². The van der Waals surface area contributed by atoms with Gasteiger partial charge in [-0.2, -0.15) is 0 Å². The molecule has 2 fully saturated rings. The molecule has 100 valence electrons. The predicted octanol–water partition coefficient (Wildman–Crippen LogP) is 2.90. The number of rotatable bonds is 2. The molecule has 0 saturated heterocycles. The first-order valence-corrected chi connectivity index (χ1v) is 7.57. The van der Waals surface area contributed by atoms with Crippen LogP contribution in [0.1, 0.15) is 58.8 Å². The smallest absolute Gasteiger partial charge is 0.00905 e. The summed E-state index contributed by atoms with van der Waals surface area (Å²) in [6.07, 6.45) is 9.39. The minimum Gasteiger partial charge on any atom is -0.328 e. The van der Waals surface area contributed by atoms with Crippen molar-refractivity contribution in [2.45, 2.75) is 70.9 Å². The zero-order chi connectivity index (χ0) is 12.4. The highest BCUT2D eigenvalue weighted by atomic mass is 14.7. The third-order valence-corrected chi connectivity index (χ3v) is 5.28. The summed E-state index contributed by atoms with van der Waals surface area (Å²) in [4.78, 5) is 0. The zero-order valence-electron chi connectivity index (χ0n) is 11.6. The van der Waals surface area contributed by atoms with E-state index in [1.165, 1.54) is 44.9 Å². The van der Waals surface area contributed by atoms with Gasteiger partial charge in [0.1, 0.15) is 0 Å². The van der Waals surface area contributed by atoms with E-state index >= 15 is 0 Å². The first kappa shape index (κ1) is 13.4. The van der Waals surface area contributed by atoms with E-state index in [-0.39, 0.29) is 0 Å². The molecule has 2 aliphatic rings. The van der Waals surface area contributed by atoms with Gasteiger partial charge in [0, 0.05) is 12.1 Å². The summed E-state index contributed by atoms with van der Waals surface area (Å²) in [7, 11) is 0. The van der Waals surface area contributed by atoms with Crippen molar-refractivity contribution in [3.8, 4) is 0 Å². The van der Waals surface area contributed by atoms with E-state index < -0.39 is 0 Å². The molecule has 2 heteroatoms. The van der Waals surface area contributed by atoms with E-state index in [1.54, 1.807) is 0 Å². The molecule has 2 atom stereocenters. The fourth-order valence-corrected chi connectivity index (χ4v) is 4.11. The van der Waals surface area contributed by atoms with Crippen LogP contribution < -0.4 is 11.5 Å². The summed E-state index contributed by atoms with van der Waals surface area (Å²) in [5.74, 6) is 3.32. The Morgan fingerprint density at radius 3 is 1.88 bits per heavy atom. The highest BCUT2D eigenvalue weighted by Crippen LogP contribution is 2.38. The van der Waals surface area contributed by atoms with Crippen molar-refractivity contribution in [3.05, 3.63) is 0 Å². The van der Waals surface area contributed by atoms with Crippen LogP contribution in [0, 0.1) is 23.7 Å². The van der Waals surface area contributed by atoms with Gasteiger partial charge in [-0.05, 0) is 68.6 Å². The molecule has 17 heavy (non-hydrogen) atoms. The molecule has 2 rings (SSSR count). The molecule has 4 N–H and O–H groups in total. The highest BCUT2D eigenvalue weighted by molar-refractivity contribution is 4.86. The molecule has 2 saturated carbocycles. The van der Waals surface area contributed by atoms with E-state index in [2.05, 4.69) is 13.8 Å². The Kier molecular flexibility index (Phi) is 4.48. The minimum absolute atomic E-state index is 0.436. The Morgan fingerprint density at radius 2 is 1.35 bits per heavy atom. The van der Waals surface area contributed by atoms with Gasteiger partial charge in [-0.3, -0.25) is 0 Å². The lowest BCUT2D eigenvalue weighted by atomic mass is 9.69. The molecule has 0 spiro atoms. The van der Waals surface area contributed by atoms with E-state index in [0.717, 1.165) is 23.7 Å². The molecule has 0 aromatic heterocycles. The van der Waals surface area contributed by atoms with Crippen molar-refractivity contribution < 1.29 is 0 Å². The second-order valence-corrected chi connectivity index (χ2v) is 6.89. The van der Waals surface area contributed by atoms with Crippen LogP contribution in [0.2, 0.25) is 0 Å². The topological polar surface area (TPSA) is 52.0 Å². The van der Waals surface area contributed by atoms with Crippen LogP contribution in [0.4, 0.5) is 0 Å². The van der Waals surface area contributed by atoms with E-state index in [9.17, 15) is 0 Å². The zero-order valence-corrected chi connectivity index (χ0v) is 11.6. The fourth-order valence-electron chi connectivity index (χ4n) is 4.11. The molecule has 2 unspecified atom stereocenters. The van der Waals surface area contributed by atoms with Crippen molar-refractivity contribution in [1.82, 2.24) is 0 Å². The molecule has 0 aromatic carbocycles. The van der Waals surface area contributed by atoms with E-state index in [1.807, 2.05) is 0 Å². The van der Waals surface area contributed by atoms with Gasteiger partial charge in [0.25, 0.3) is 0 Å². The van der Waals surface area contributed by atoms with Crippen LogP contribution in [0.3, 0.4) is 0 Å². The van der Waals surface area contributed by atoms with Crippen LogP contribution >= 0.6 is 0 Å². The molecule has 2 aliphatic carbocycles. The summed E-state index contributed by atoms with van der Waals surface area (Å²) in [6.45, 7) is 4.67. The third-order valence-electron chi connectivity index (χ3n) is 5.28. The first-order valence-electron chi connectivity index (χ1n) is 7.57. The second-order valence-electron chi connectivity index (χ2n) is 6.89. The average Bonchev–Trinajstić information content (AvgIpc) is 2.29. The lowest BCUT2D eigenvalue weighted by Gasteiger charge is -2.39. The van der Waals surface area contributed by atoms with Crippen LogP contribution in [-0.2, 0) is 0 Å². The molecule has 0 aliphatic heterocycles. The standard InChI is InChI=1S/C15H30N2/c1-10-7-13(8-11(2)15(10)17)9-12-3-5-14(16)6-4-12/h10-15H,3-9,16-17H2,1-2H3. The van der Waals surface area contributed by atoms with Gasteiger partial charge in [0.2, 0.25) is 0 Å². The SMILES string of the molecule is CC1CC(CC2CCC(N)CC2)CC(C)C1N. The first-order chi connectivity index (χ1) is 8.06. The fraction of sp³-hybridized carbons (Fsp3) is 1.00. The summed E-state index contributed by atoms with van der Waals surface area (Å²) >= 11 is 0. The van der Waals surface area contributed by atoms with Crippen LogP contribution in [0.15, 0.2) is 0 Å². The Labute approximate surface area is 107 Å². The maximum absolute atomic E-state index is 6.22. The molecule has 0 aromatic rings.